The summed E-state index contributed by atoms with van der Waals surface area (Å²) in [4.78, 5) is 34.3. The zero-order valence-electron chi connectivity index (χ0n) is 15.2. The number of esters is 1. The van der Waals surface area contributed by atoms with E-state index >= 15 is 0 Å². The monoisotopic (exact) mass is 442 g/mol. The van der Waals surface area contributed by atoms with Gasteiger partial charge in [-0.05, 0) is 36.4 Å². The third-order valence-electron chi connectivity index (χ3n) is 3.51. The van der Waals surface area contributed by atoms with Crippen molar-refractivity contribution in [3.63, 3.8) is 0 Å². The Kier molecular flexibility index (Phi) is 7.42. The van der Waals surface area contributed by atoms with Crippen molar-refractivity contribution < 1.29 is 41.1 Å². The molecular weight excluding hydrogens is 426 g/mol. The van der Waals surface area contributed by atoms with Gasteiger partial charge >= 0.3 is 11.7 Å². The van der Waals surface area contributed by atoms with Crippen molar-refractivity contribution in [3.05, 3.63) is 54.1 Å². The topological polar surface area (TPSA) is 142 Å². The standard InChI is InChI=1S/C18H16F2N2O7S/c19-18(20)30(26,27)12-7-5-11(6-8-12)22-16(24)10-29-17(25)13-3-1-2-4-14(13)28-9-15(21)23/h1-8,18H,9-10H2,(H2,21,23)(H,22,24). The van der Waals surface area contributed by atoms with Crippen LogP contribution in [0.15, 0.2) is 53.4 Å². The highest BCUT2D eigenvalue weighted by atomic mass is 32.2. The number of hydrogen-bond donors (Lipinski definition) is 2. The van der Waals surface area contributed by atoms with Crippen LogP contribution in [-0.4, -0.2) is 45.2 Å². The second-order valence-electron chi connectivity index (χ2n) is 5.71. The van der Waals surface area contributed by atoms with Gasteiger partial charge in [-0.1, -0.05) is 12.1 Å². The van der Waals surface area contributed by atoms with Crippen molar-refractivity contribution in [2.45, 2.75) is 10.7 Å². The largest absolute Gasteiger partial charge is 0.483 e. The second-order valence-corrected chi connectivity index (χ2v) is 7.62. The molecule has 2 aromatic rings. The molecule has 0 heterocycles. The number of sulfone groups is 1. The van der Waals surface area contributed by atoms with Gasteiger partial charge in [0, 0.05) is 5.69 Å². The fourth-order valence-electron chi connectivity index (χ4n) is 2.15. The van der Waals surface area contributed by atoms with Crippen molar-refractivity contribution >= 4 is 33.3 Å². The minimum absolute atomic E-state index is 0.0342. The number of para-hydroxylation sites is 1. The van der Waals surface area contributed by atoms with Crippen molar-refractivity contribution in [1.82, 2.24) is 0 Å². The summed E-state index contributed by atoms with van der Waals surface area (Å²) >= 11 is 0. The summed E-state index contributed by atoms with van der Waals surface area (Å²) in [5.74, 6) is -5.93. The molecular formula is C18H16F2N2O7S. The Morgan fingerprint density at radius 1 is 1.00 bits per heavy atom. The summed E-state index contributed by atoms with van der Waals surface area (Å²) in [5.41, 5.74) is 5.05. The van der Waals surface area contributed by atoms with Gasteiger partial charge in [0.2, 0.25) is 9.84 Å². The third kappa shape index (κ3) is 5.98. The maximum Gasteiger partial charge on any atom is 0.342 e. The third-order valence-corrected chi connectivity index (χ3v) is 4.91. The summed E-state index contributed by atoms with van der Waals surface area (Å²) in [6.45, 7) is -1.15. The van der Waals surface area contributed by atoms with Crippen LogP contribution in [0.2, 0.25) is 0 Å². The molecule has 0 bridgehead atoms. The first-order valence-electron chi connectivity index (χ1n) is 8.20. The van der Waals surface area contributed by atoms with Crippen molar-refractivity contribution in [3.8, 4) is 5.75 Å². The minimum Gasteiger partial charge on any atom is -0.483 e. The predicted molar refractivity (Wildman–Crippen MR) is 99.7 cm³/mol. The van der Waals surface area contributed by atoms with E-state index in [1.807, 2.05) is 0 Å². The number of anilines is 1. The number of carbonyl (C=O) groups is 3. The Balaban J connectivity index is 1.95. The van der Waals surface area contributed by atoms with Crippen LogP contribution in [0.5, 0.6) is 5.75 Å². The van der Waals surface area contributed by atoms with Crippen LogP contribution < -0.4 is 15.8 Å². The Bertz CT molecular complexity index is 1040. The van der Waals surface area contributed by atoms with Crippen molar-refractivity contribution in [2.24, 2.45) is 5.73 Å². The number of rotatable bonds is 9. The number of benzene rings is 2. The lowest BCUT2D eigenvalue weighted by molar-refractivity contribution is -0.120. The molecule has 2 aromatic carbocycles. The molecule has 0 aliphatic rings. The van der Waals surface area contributed by atoms with Crippen molar-refractivity contribution in [2.75, 3.05) is 18.5 Å². The van der Waals surface area contributed by atoms with Crippen LogP contribution in [0.4, 0.5) is 14.5 Å². The first-order valence-corrected chi connectivity index (χ1v) is 9.75. The zero-order chi connectivity index (χ0) is 22.3. The molecule has 9 nitrogen and oxygen atoms in total. The molecule has 30 heavy (non-hydrogen) atoms. The number of nitrogens with one attached hydrogen (secondary N) is 1. The van der Waals surface area contributed by atoms with Crippen LogP contribution in [0.3, 0.4) is 0 Å². The second kappa shape index (κ2) is 9.78. The van der Waals surface area contributed by atoms with E-state index in [0.717, 1.165) is 24.3 Å². The molecule has 12 heteroatoms. The summed E-state index contributed by atoms with van der Waals surface area (Å²) in [5, 5.41) is 2.32. The lowest BCUT2D eigenvalue weighted by Gasteiger charge is -2.10. The maximum atomic E-state index is 12.5. The average Bonchev–Trinajstić information content (AvgIpc) is 2.71. The molecule has 160 valence electrons. The molecule has 0 radical (unpaired) electrons. The molecule has 0 saturated carbocycles. The fraction of sp³-hybridized carbons (Fsp3) is 0.167. The van der Waals surface area contributed by atoms with E-state index in [2.05, 4.69) is 5.32 Å². The van der Waals surface area contributed by atoms with Crippen LogP contribution in [0, 0.1) is 0 Å². The molecule has 2 amide bonds. The Hall–Kier alpha value is -3.54. The molecule has 0 aliphatic heterocycles. The van der Waals surface area contributed by atoms with Crippen molar-refractivity contribution in [1.29, 1.82) is 0 Å². The van der Waals surface area contributed by atoms with E-state index < -0.39 is 51.5 Å². The molecule has 0 aliphatic carbocycles. The Morgan fingerprint density at radius 2 is 1.63 bits per heavy atom. The van der Waals surface area contributed by atoms with Gasteiger partial charge in [0.15, 0.2) is 13.2 Å². The molecule has 0 spiro atoms. The van der Waals surface area contributed by atoms with E-state index in [1.165, 1.54) is 18.2 Å². The van der Waals surface area contributed by atoms with Gasteiger partial charge < -0.3 is 20.5 Å². The number of carbonyl (C=O) groups excluding carboxylic acids is 3. The van der Waals surface area contributed by atoms with E-state index in [4.69, 9.17) is 15.2 Å². The lowest BCUT2D eigenvalue weighted by Crippen LogP contribution is -2.23. The van der Waals surface area contributed by atoms with Crippen LogP contribution in [0.25, 0.3) is 0 Å². The van der Waals surface area contributed by atoms with Crippen LogP contribution in [0.1, 0.15) is 10.4 Å². The quantitative estimate of drug-likeness (QED) is 0.558. The lowest BCUT2D eigenvalue weighted by atomic mass is 10.2. The van der Waals surface area contributed by atoms with E-state index in [1.54, 1.807) is 6.07 Å². The van der Waals surface area contributed by atoms with Gasteiger partial charge in [0.25, 0.3) is 11.8 Å². The normalized spacial score (nSPS) is 11.0. The number of nitrogens with two attached hydrogens (primary N) is 1. The Labute approximate surface area is 169 Å². The van der Waals surface area contributed by atoms with E-state index in [0.29, 0.717) is 0 Å². The predicted octanol–water partition coefficient (Wildman–Crippen LogP) is 1.34. The van der Waals surface area contributed by atoms with Gasteiger partial charge in [-0.25, -0.2) is 13.2 Å². The summed E-state index contributed by atoms with van der Waals surface area (Å²) in [6, 6.07) is 9.89. The smallest absolute Gasteiger partial charge is 0.342 e. The van der Waals surface area contributed by atoms with Crippen LogP contribution >= 0.6 is 0 Å². The first-order chi connectivity index (χ1) is 14.1. The Morgan fingerprint density at radius 3 is 2.23 bits per heavy atom. The fourth-order valence-corrected chi connectivity index (χ4v) is 2.87. The molecule has 0 saturated heterocycles. The number of hydrogen-bond acceptors (Lipinski definition) is 7. The molecule has 2 rings (SSSR count). The molecule has 0 atom stereocenters. The number of amides is 2. The zero-order valence-corrected chi connectivity index (χ0v) is 16.0. The van der Waals surface area contributed by atoms with E-state index in [9.17, 15) is 31.6 Å². The van der Waals surface area contributed by atoms with Gasteiger partial charge in [0.1, 0.15) is 11.3 Å². The number of ether oxygens (including phenoxy) is 2. The number of alkyl halides is 2. The number of primary amides is 1. The van der Waals surface area contributed by atoms with E-state index in [-0.39, 0.29) is 17.0 Å². The molecule has 0 fully saturated rings. The highest BCUT2D eigenvalue weighted by Gasteiger charge is 2.26. The molecule has 3 N–H and O–H groups in total. The van der Waals surface area contributed by atoms with Gasteiger partial charge in [0.05, 0.1) is 4.90 Å². The highest BCUT2D eigenvalue weighted by molar-refractivity contribution is 7.91. The van der Waals surface area contributed by atoms with Gasteiger partial charge in [-0.2, -0.15) is 8.78 Å². The highest BCUT2D eigenvalue weighted by Crippen LogP contribution is 2.21. The van der Waals surface area contributed by atoms with Gasteiger partial charge in [-0.15, -0.1) is 0 Å². The summed E-state index contributed by atoms with van der Waals surface area (Å²) in [7, 11) is -4.74. The van der Waals surface area contributed by atoms with Crippen LogP contribution in [-0.2, 0) is 24.2 Å². The molecule has 0 aromatic heterocycles. The summed E-state index contributed by atoms with van der Waals surface area (Å²) in [6.07, 6.45) is 0. The minimum atomic E-state index is -4.74. The SMILES string of the molecule is NC(=O)COc1ccccc1C(=O)OCC(=O)Nc1ccc(S(=O)(=O)C(F)F)cc1. The van der Waals surface area contributed by atoms with Gasteiger partial charge in [-0.3, -0.25) is 9.59 Å². The molecule has 0 unspecified atom stereocenters. The first kappa shape index (κ1) is 22.7. The average molecular weight is 442 g/mol. The number of halogens is 2. The summed E-state index contributed by atoms with van der Waals surface area (Å²) < 4.78 is 57.7. The maximum absolute atomic E-state index is 12.5.